The van der Waals surface area contributed by atoms with Gasteiger partial charge in [0, 0.05) is 15.7 Å². The Kier molecular flexibility index (Phi) is 6.08. The van der Waals surface area contributed by atoms with Crippen LogP contribution in [0.4, 0.5) is 5.69 Å². The van der Waals surface area contributed by atoms with Crippen molar-refractivity contribution in [1.29, 1.82) is 0 Å². The van der Waals surface area contributed by atoms with Crippen molar-refractivity contribution in [2.24, 2.45) is 0 Å². The second-order valence-electron chi connectivity index (χ2n) is 4.81. The minimum atomic E-state index is -0.492. The highest BCUT2D eigenvalue weighted by molar-refractivity contribution is 9.10. The van der Waals surface area contributed by atoms with E-state index in [0.29, 0.717) is 16.8 Å². The maximum Gasteiger partial charge on any atom is 0.337 e. The van der Waals surface area contributed by atoms with Crippen LogP contribution >= 0.6 is 15.9 Å². The van der Waals surface area contributed by atoms with E-state index in [2.05, 4.69) is 31.3 Å². The van der Waals surface area contributed by atoms with Gasteiger partial charge in [-0.25, -0.2) is 4.79 Å². The fourth-order valence-electron chi connectivity index (χ4n) is 1.94. The highest BCUT2D eigenvalue weighted by atomic mass is 79.9. The summed E-state index contributed by atoms with van der Waals surface area (Å²) in [7, 11) is 1.28. The predicted molar refractivity (Wildman–Crippen MR) is 92.9 cm³/mol. The molecule has 0 saturated carbocycles. The number of hydrogen-bond acceptors (Lipinski definition) is 4. The summed E-state index contributed by atoms with van der Waals surface area (Å²) in [5, 5.41) is 5.14. The van der Waals surface area contributed by atoms with Crippen molar-refractivity contribution in [3.05, 3.63) is 64.1 Å². The standard InChI is InChI=1S/C17H15BrN2O4/c1-24-17(23)12-5-3-7-14(9-12)20-15(21)10-19-16(22)11-4-2-6-13(18)8-11/h2-9H,10H2,1H3,(H,19,22)(H,20,21). The van der Waals surface area contributed by atoms with Crippen molar-refractivity contribution >= 4 is 39.4 Å². The summed E-state index contributed by atoms with van der Waals surface area (Å²) >= 11 is 3.28. The molecule has 0 aliphatic heterocycles. The van der Waals surface area contributed by atoms with Crippen LogP contribution in [-0.2, 0) is 9.53 Å². The Bertz CT molecular complexity index is 777. The van der Waals surface area contributed by atoms with Crippen molar-refractivity contribution < 1.29 is 19.1 Å². The molecule has 2 rings (SSSR count). The number of esters is 1. The van der Waals surface area contributed by atoms with Gasteiger partial charge in [0.15, 0.2) is 0 Å². The molecule has 0 unspecified atom stereocenters. The van der Waals surface area contributed by atoms with Gasteiger partial charge in [0.05, 0.1) is 19.2 Å². The van der Waals surface area contributed by atoms with E-state index in [0.717, 1.165) is 4.47 Å². The minimum absolute atomic E-state index is 0.187. The van der Waals surface area contributed by atoms with Gasteiger partial charge in [-0.3, -0.25) is 9.59 Å². The average molecular weight is 391 g/mol. The zero-order valence-electron chi connectivity index (χ0n) is 12.8. The maximum atomic E-state index is 12.0. The van der Waals surface area contributed by atoms with E-state index in [-0.39, 0.29) is 12.5 Å². The molecule has 2 N–H and O–H groups in total. The molecule has 7 heteroatoms. The van der Waals surface area contributed by atoms with Gasteiger partial charge in [0.2, 0.25) is 5.91 Å². The van der Waals surface area contributed by atoms with Crippen LogP contribution in [0.15, 0.2) is 53.0 Å². The van der Waals surface area contributed by atoms with E-state index in [9.17, 15) is 14.4 Å². The summed E-state index contributed by atoms with van der Waals surface area (Å²) < 4.78 is 5.40. The van der Waals surface area contributed by atoms with Crippen molar-refractivity contribution in [3.63, 3.8) is 0 Å². The van der Waals surface area contributed by atoms with Crippen LogP contribution in [0.3, 0.4) is 0 Å². The molecule has 0 bridgehead atoms. The molecule has 124 valence electrons. The van der Waals surface area contributed by atoms with Gasteiger partial charge in [0.1, 0.15) is 0 Å². The number of benzene rings is 2. The van der Waals surface area contributed by atoms with Gasteiger partial charge in [-0.2, -0.15) is 0 Å². The SMILES string of the molecule is COC(=O)c1cccc(NC(=O)CNC(=O)c2cccc(Br)c2)c1. The number of ether oxygens (including phenoxy) is 1. The number of amides is 2. The minimum Gasteiger partial charge on any atom is -0.465 e. The van der Waals surface area contributed by atoms with Crippen LogP contribution in [0.1, 0.15) is 20.7 Å². The number of hydrogen-bond donors (Lipinski definition) is 2. The Labute approximate surface area is 147 Å². The molecule has 0 spiro atoms. The Morgan fingerprint density at radius 2 is 1.75 bits per heavy atom. The maximum absolute atomic E-state index is 12.0. The molecule has 6 nitrogen and oxygen atoms in total. The molecule has 0 aromatic heterocycles. The van der Waals surface area contributed by atoms with Crippen LogP contribution in [0.2, 0.25) is 0 Å². The topological polar surface area (TPSA) is 84.5 Å². The first-order chi connectivity index (χ1) is 11.5. The van der Waals surface area contributed by atoms with Crippen molar-refractivity contribution in [2.75, 3.05) is 19.0 Å². The quantitative estimate of drug-likeness (QED) is 0.768. The Balaban J connectivity index is 1.92. The first kappa shape index (κ1) is 17.7. The number of rotatable bonds is 5. The van der Waals surface area contributed by atoms with Gasteiger partial charge >= 0.3 is 5.97 Å². The van der Waals surface area contributed by atoms with Crippen LogP contribution in [-0.4, -0.2) is 31.4 Å². The zero-order valence-corrected chi connectivity index (χ0v) is 14.4. The lowest BCUT2D eigenvalue weighted by Gasteiger charge is -2.08. The number of anilines is 1. The summed E-state index contributed by atoms with van der Waals surface area (Å²) in [6.45, 7) is -0.187. The highest BCUT2D eigenvalue weighted by Gasteiger charge is 2.10. The summed E-state index contributed by atoms with van der Waals surface area (Å²) in [4.78, 5) is 35.3. The highest BCUT2D eigenvalue weighted by Crippen LogP contribution is 2.12. The third-order valence-corrected chi connectivity index (χ3v) is 3.56. The second-order valence-corrected chi connectivity index (χ2v) is 5.73. The Morgan fingerprint density at radius 1 is 1.04 bits per heavy atom. The molecule has 0 aliphatic carbocycles. The van der Waals surface area contributed by atoms with Gasteiger partial charge in [-0.1, -0.05) is 28.1 Å². The van der Waals surface area contributed by atoms with Gasteiger partial charge in [-0.05, 0) is 36.4 Å². The summed E-state index contributed by atoms with van der Waals surface area (Å²) in [6, 6.07) is 13.2. The molecule has 2 aromatic carbocycles. The normalized spacial score (nSPS) is 9.92. The molecule has 2 aromatic rings. The molecule has 0 saturated heterocycles. The van der Waals surface area contributed by atoms with E-state index < -0.39 is 11.9 Å². The first-order valence-electron chi connectivity index (χ1n) is 7.01. The number of carbonyl (C=O) groups excluding carboxylic acids is 3. The van der Waals surface area contributed by atoms with Gasteiger partial charge < -0.3 is 15.4 Å². The monoisotopic (exact) mass is 390 g/mol. The van der Waals surface area contributed by atoms with E-state index in [1.54, 1.807) is 42.5 Å². The summed E-state index contributed by atoms with van der Waals surface area (Å²) in [5.41, 5.74) is 1.22. The summed E-state index contributed by atoms with van der Waals surface area (Å²) in [6.07, 6.45) is 0. The lowest BCUT2D eigenvalue weighted by Crippen LogP contribution is -2.32. The third-order valence-electron chi connectivity index (χ3n) is 3.06. The van der Waals surface area contributed by atoms with Crippen LogP contribution in [0.5, 0.6) is 0 Å². The molecule has 2 amide bonds. The second kappa shape index (κ2) is 8.26. The van der Waals surface area contributed by atoms with E-state index in [1.807, 2.05) is 0 Å². The van der Waals surface area contributed by atoms with Crippen LogP contribution in [0, 0.1) is 0 Å². The van der Waals surface area contributed by atoms with E-state index >= 15 is 0 Å². The van der Waals surface area contributed by atoms with Crippen molar-refractivity contribution in [1.82, 2.24) is 5.32 Å². The lowest BCUT2D eigenvalue weighted by molar-refractivity contribution is -0.115. The first-order valence-corrected chi connectivity index (χ1v) is 7.81. The fourth-order valence-corrected chi connectivity index (χ4v) is 2.34. The van der Waals surface area contributed by atoms with Crippen molar-refractivity contribution in [2.45, 2.75) is 0 Å². The largest absolute Gasteiger partial charge is 0.465 e. The molecule has 0 radical (unpaired) electrons. The Hall–Kier alpha value is -2.67. The fraction of sp³-hybridized carbons (Fsp3) is 0.118. The molecule has 0 aliphatic rings. The van der Waals surface area contributed by atoms with Gasteiger partial charge in [0.25, 0.3) is 5.91 Å². The van der Waals surface area contributed by atoms with Crippen LogP contribution in [0.25, 0.3) is 0 Å². The number of carbonyl (C=O) groups is 3. The molecule has 24 heavy (non-hydrogen) atoms. The molecule has 0 fully saturated rings. The average Bonchev–Trinajstić information content (AvgIpc) is 2.59. The third kappa shape index (κ3) is 4.92. The molecular weight excluding hydrogens is 376 g/mol. The summed E-state index contributed by atoms with van der Waals surface area (Å²) in [5.74, 6) is -1.25. The van der Waals surface area contributed by atoms with Crippen LogP contribution < -0.4 is 10.6 Å². The van der Waals surface area contributed by atoms with E-state index in [4.69, 9.17) is 0 Å². The number of nitrogens with one attached hydrogen (secondary N) is 2. The number of halogens is 1. The lowest BCUT2D eigenvalue weighted by atomic mass is 10.2. The smallest absolute Gasteiger partial charge is 0.337 e. The van der Waals surface area contributed by atoms with Gasteiger partial charge in [-0.15, -0.1) is 0 Å². The van der Waals surface area contributed by atoms with E-state index in [1.165, 1.54) is 13.2 Å². The van der Waals surface area contributed by atoms with Crippen molar-refractivity contribution in [3.8, 4) is 0 Å². The molecule has 0 heterocycles. The Morgan fingerprint density at radius 3 is 2.46 bits per heavy atom. The number of methoxy groups -OCH3 is 1. The predicted octanol–water partition coefficient (Wildman–Crippen LogP) is 2.60. The molecular formula is C17H15BrN2O4. The molecule has 0 atom stereocenters. The zero-order chi connectivity index (χ0) is 17.5.